The van der Waals surface area contributed by atoms with Crippen LogP contribution in [0.1, 0.15) is 42.4 Å². The molecule has 1 aliphatic rings. The first-order valence-corrected chi connectivity index (χ1v) is 8.15. The lowest BCUT2D eigenvalue weighted by atomic mass is 10.1. The summed E-state index contributed by atoms with van der Waals surface area (Å²) in [6.07, 6.45) is 4.00. The van der Waals surface area contributed by atoms with Gasteiger partial charge in [0.1, 0.15) is 0 Å². The first-order chi connectivity index (χ1) is 8.94. The molecule has 19 heavy (non-hydrogen) atoms. The summed E-state index contributed by atoms with van der Waals surface area (Å²) in [6.45, 7) is 3.52. The fourth-order valence-corrected chi connectivity index (χ4v) is 4.27. The largest absolute Gasteiger partial charge is 0.392 e. The molecule has 0 saturated heterocycles. The molecule has 0 aliphatic heterocycles. The predicted octanol–water partition coefficient (Wildman–Crippen LogP) is 2.02. The SMILES string of the molecule is Cc1cc(CO)cc(S(=O)(=O)NC2CCCC2)c1C. The number of aryl methyl sites for hydroxylation is 1. The van der Waals surface area contributed by atoms with Gasteiger partial charge in [0.2, 0.25) is 10.0 Å². The van der Waals surface area contributed by atoms with Crippen molar-refractivity contribution in [3.05, 3.63) is 28.8 Å². The summed E-state index contributed by atoms with van der Waals surface area (Å²) in [7, 11) is -3.49. The second-order valence-corrected chi connectivity index (χ2v) is 6.98. The van der Waals surface area contributed by atoms with Crippen molar-refractivity contribution in [2.45, 2.75) is 57.1 Å². The maximum Gasteiger partial charge on any atom is 0.241 e. The summed E-state index contributed by atoms with van der Waals surface area (Å²) in [5.74, 6) is 0. The third-order valence-corrected chi connectivity index (χ3v) is 5.48. The van der Waals surface area contributed by atoms with Crippen LogP contribution in [-0.2, 0) is 16.6 Å². The molecular formula is C14H21NO3S. The van der Waals surface area contributed by atoms with Crippen molar-refractivity contribution < 1.29 is 13.5 Å². The van der Waals surface area contributed by atoms with Crippen LogP contribution in [0.25, 0.3) is 0 Å². The maximum atomic E-state index is 12.4. The van der Waals surface area contributed by atoms with E-state index in [0.29, 0.717) is 10.5 Å². The second kappa shape index (κ2) is 5.61. The van der Waals surface area contributed by atoms with E-state index in [-0.39, 0.29) is 12.6 Å². The van der Waals surface area contributed by atoms with E-state index in [4.69, 9.17) is 0 Å². The molecule has 0 radical (unpaired) electrons. The molecule has 1 fully saturated rings. The van der Waals surface area contributed by atoms with E-state index in [1.165, 1.54) is 0 Å². The molecule has 0 aromatic heterocycles. The van der Waals surface area contributed by atoms with Gasteiger partial charge in [0, 0.05) is 6.04 Å². The Kier molecular flexibility index (Phi) is 4.28. The lowest BCUT2D eigenvalue weighted by Crippen LogP contribution is -2.33. The Morgan fingerprint density at radius 3 is 2.47 bits per heavy atom. The Bertz CT molecular complexity index is 560. The summed E-state index contributed by atoms with van der Waals surface area (Å²) in [6, 6.07) is 3.45. The van der Waals surface area contributed by atoms with E-state index in [1.807, 2.05) is 13.0 Å². The second-order valence-electron chi connectivity index (χ2n) is 5.30. The molecule has 1 aliphatic carbocycles. The van der Waals surface area contributed by atoms with Crippen molar-refractivity contribution in [2.75, 3.05) is 0 Å². The Labute approximate surface area is 114 Å². The van der Waals surface area contributed by atoms with Crippen molar-refractivity contribution in [1.29, 1.82) is 0 Å². The van der Waals surface area contributed by atoms with Crippen LogP contribution >= 0.6 is 0 Å². The Morgan fingerprint density at radius 2 is 1.89 bits per heavy atom. The minimum Gasteiger partial charge on any atom is -0.392 e. The average Bonchev–Trinajstić information content (AvgIpc) is 2.84. The first-order valence-electron chi connectivity index (χ1n) is 6.67. The van der Waals surface area contributed by atoms with Gasteiger partial charge in [0.15, 0.2) is 0 Å². The quantitative estimate of drug-likeness (QED) is 0.888. The summed E-state index contributed by atoms with van der Waals surface area (Å²) in [5.41, 5.74) is 2.27. The van der Waals surface area contributed by atoms with Crippen molar-refractivity contribution in [3.63, 3.8) is 0 Å². The van der Waals surface area contributed by atoms with Gasteiger partial charge in [-0.05, 0) is 49.4 Å². The predicted molar refractivity (Wildman–Crippen MR) is 74.4 cm³/mol. The number of benzene rings is 1. The summed E-state index contributed by atoms with van der Waals surface area (Å²) in [4.78, 5) is 0.295. The minimum absolute atomic E-state index is 0.0579. The highest BCUT2D eigenvalue weighted by molar-refractivity contribution is 7.89. The number of sulfonamides is 1. The molecule has 1 aromatic rings. The van der Waals surface area contributed by atoms with Crippen molar-refractivity contribution in [2.24, 2.45) is 0 Å². The molecule has 0 atom stereocenters. The Balaban J connectivity index is 2.36. The molecular weight excluding hydrogens is 262 g/mol. The number of hydrogen-bond acceptors (Lipinski definition) is 3. The highest BCUT2D eigenvalue weighted by Crippen LogP contribution is 2.24. The van der Waals surface area contributed by atoms with Crippen molar-refractivity contribution in [3.8, 4) is 0 Å². The molecule has 0 unspecified atom stereocenters. The van der Waals surface area contributed by atoms with E-state index in [2.05, 4.69) is 4.72 Å². The van der Waals surface area contributed by atoms with E-state index in [9.17, 15) is 13.5 Å². The van der Waals surface area contributed by atoms with Crippen LogP contribution in [0.3, 0.4) is 0 Å². The average molecular weight is 283 g/mol. The molecule has 0 heterocycles. The summed E-state index contributed by atoms with van der Waals surface area (Å²) >= 11 is 0. The zero-order valence-electron chi connectivity index (χ0n) is 11.4. The van der Waals surface area contributed by atoms with Gasteiger partial charge in [-0.1, -0.05) is 18.9 Å². The number of rotatable bonds is 4. The molecule has 0 amide bonds. The lowest BCUT2D eigenvalue weighted by Gasteiger charge is -2.16. The van der Waals surface area contributed by atoms with Crippen LogP contribution in [-0.4, -0.2) is 19.6 Å². The van der Waals surface area contributed by atoms with E-state index in [0.717, 1.165) is 36.8 Å². The first kappa shape index (κ1) is 14.5. The number of aliphatic hydroxyl groups is 1. The number of aliphatic hydroxyl groups excluding tert-OH is 1. The third kappa shape index (κ3) is 3.16. The highest BCUT2D eigenvalue weighted by Gasteiger charge is 2.24. The summed E-state index contributed by atoms with van der Waals surface area (Å²) < 4.78 is 27.7. The van der Waals surface area contributed by atoms with E-state index in [1.54, 1.807) is 13.0 Å². The molecule has 0 bridgehead atoms. The maximum absolute atomic E-state index is 12.4. The van der Waals surface area contributed by atoms with Crippen LogP contribution in [0.2, 0.25) is 0 Å². The van der Waals surface area contributed by atoms with Gasteiger partial charge in [0.05, 0.1) is 11.5 Å². The van der Waals surface area contributed by atoms with Crippen LogP contribution in [0.5, 0.6) is 0 Å². The van der Waals surface area contributed by atoms with Crippen LogP contribution in [0.15, 0.2) is 17.0 Å². The monoisotopic (exact) mass is 283 g/mol. The van der Waals surface area contributed by atoms with E-state index < -0.39 is 10.0 Å². The van der Waals surface area contributed by atoms with Crippen LogP contribution in [0, 0.1) is 13.8 Å². The zero-order valence-corrected chi connectivity index (χ0v) is 12.3. The Morgan fingerprint density at radius 1 is 1.26 bits per heavy atom. The molecule has 5 heteroatoms. The normalized spacial score (nSPS) is 17.0. The standard InChI is InChI=1S/C14H21NO3S/c1-10-7-12(9-16)8-14(11(10)2)19(17,18)15-13-5-3-4-6-13/h7-8,13,15-16H,3-6,9H2,1-2H3. The van der Waals surface area contributed by atoms with Gasteiger partial charge in [0.25, 0.3) is 0 Å². The van der Waals surface area contributed by atoms with Gasteiger partial charge in [-0.15, -0.1) is 0 Å². The van der Waals surface area contributed by atoms with Crippen LogP contribution in [0.4, 0.5) is 0 Å². The Hall–Kier alpha value is -0.910. The molecule has 106 valence electrons. The topological polar surface area (TPSA) is 66.4 Å². The molecule has 1 aromatic carbocycles. The third-order valence-electron chi connectivity index (χ3n) is 3.83. The highest BCUT2D eigenvalue weighted by atomic mass is 32.2. The number of hydrogen-bond donors (Lipinski definition) is 2. The number of nitrogens with one attached hydrogen (secondary N) is 1. The molecule has 2 N–H and O–H groups in total. The van der Waals surface area contributed by atoms with Crippen molar-refractivity contribution >= 4 is 10.0 Å². The fourth-order valence-electron chi connectivity index (χ4n) is 2.60. The zero-order chi connectivity index (χ0) is 14.0. The van der Waals surface area contributed by atoms with Gasteiger partial charge in [-0.3, -0.25) is 0 Å². The molecule has 4 nitrogen and oxygen atoms in total. The van der Waals surface area contributed by atoms with Gasteiger partial charge >= 0.3 is 0 Å². The van der Waals surface area contributed by atoms with Gasteiger partial charge in [-0.2, -0.15) is 0 Å². The fraction of sp³-hybridized carbons (Fsp3) is 0.571. The van der Waals surface area contributed by atoms with Crippen molar-refractivity contribution in [1.82, 2.24) is 4.72 Å². The lowest BCUT2D eigenvalue weighted by molar-refractivity contribution is 0.281. The van der Waals surface area contributed by atoms with Crippen LogP contribution < -0.4 is 4.72 Å². The minimum atomic E-state index is -3.49. The van der Waals surface area contributed by atoms with Gasteiger partial charge < -0.3 is 5.11 Å². The molecule has 1 saturated carbocycles. The van der Waals surface area contributed by atoms with E-state index >= 15 is 0 Å². The van der Waals surface area contributed by atoms with Gasteiger partial charge in [-0.25, -0.2) is 13.1 Å². The molecule has 0 spiro atoms. The smallest absolute Gasteiger partial charge is 0.241 e. The summed E-state index contributed by atoms with van der Waals surface area (Å²) in [5, 5.41) is 9.21. The molecule has 2 rings (SSSR count).